The van der Waals surface area contributed by atoms with Gasteiger partial charge >= 0.3 is 5.97 Å². The van der Waals surface area contributed by atoms with Crippen molar-refractivity contribution in [2.75, 3.05) is 21.2 Å². The average molecular weight is 369 g/mol. The highest BCUT2D eigenvalue weighted by Crippen LogP contribution is 2.29. The van der Waals surface area contributed by atoms with Crippen molar-refractivity contribution in [2.24, 2.45) is 0 Å². The van der Waals surface area contributed by atoms with Crippen LogP contribution in [0.2, 0.25) is 5.02 Å². The van der Waals surface area contributed by atoms with Crippen LogP contribution in [0.3, 0.4) is 0 Å². The summed E-state index contributed by atoms with van der Waals surface area (Å²) in [7, 11) is 5.34. The number of thioether (sulfide) groups is 1. The molecule has 0 radical (unpaired) electrons. The van der Waals surface area contributed by atoms with Crippen LogP contribution in [0, 0.1) is 0 Å². The minimum Gasteiger partial charge on any atom is -0.468 e. The molecule has 130 valence electrons. The molecule has 2 aromatic rings. The van der Waals surface area contributed by atoms with Crippen molar-refractivity contribution in [3.05, 3.63) is 35.1 Å². The van der Waals surface area contributed by atoms with E-state index in [0.29, 0.717) is 10.2 Å². The summed E-state index contributed by atoms with van der Waals surface area (Å²) in [6.07, 6.45) is 0. The van der Waals surface area contributed by atoms with Gasteiger partial charge in [0.25, 0.3) is 0 Å². The zero-order chi connectivity index (χ0) is 17.9. The number of carbonyl (C=O) groups is 1. The van der Waals surface area contributed by atoms with Gasteiger partial charge in [-0.2, -0.15) is 0 Å². The van der Waals surface area contributed by atoms with Crippen LogP contribution >= 0.6 is 23.4 Å². The molecule has 0 aliphatic carbocycles. The van der Waals surface area contributed by atoms with Crippen LogP contribution in [0.4, 0.5) is 0 Å². The maximum absolute atomic E-state index is 11.7. The maximum atomic E-state index is 11.7. The summed E-state index contributed by atoms with van der Waals surface area (Å²) in [5.74, 6) is 0.495. The Morgan fingerprint density at radius 3 is 2.42 bits per heavy atom. The van der Waals surface area contributed by atoms with Gasteiger partial charge in [0, 0.05) is 10.7 Å². The number of nitrogens with zero attached hydrogens (tertiary/aromatic N) is 4. The number of halogens is 1. The molecular formula is C16H21ClN4O2S. The zero-order valence-electron chi connectivity index (χ0n) is 14.4. The summed E-state index contributed by atoms with van der Waals surface area (Å²) in [5.41, 5.74) is 0.896. The third-order valence-electron chi connectivity index (χ3n) is 3.71. The monoisotopic (exact) mass is 368 g/mol. The average Bonchev–Trinajstić information content (AvgIpc) is 2.97. The van der Waals surface area contributed by atoms with Gasteiger partial charge in [-0.3, -0.25) is 14.3 Å². The Morgan fingerprint density at radius 1 is 1.25 bits per heavy atom. The summed E-state index contributed by atoms with van der Waals surface area (Å²) in [6, 6.07) is 7.50. The number of benzene rings is 1. The van der Waals surface area contributed by atoms with Crippen molar-refractivity contribution in [2.45, 2.75) is 30.3 Å². The highest BCUT2D eigenvalue weighted by Gasteiger charge is 2.24. The summed E-state index contributed by atoms with van der Waals surface area (Å²) in [5, 5.41) is 9.54. The Kier molecular flexibility index (Phi) is 6.26. The third kappa shape index (κ3) is 4.09. The Morgan fingerprint density at radius 2 is 1.88 bits per heavy atom. The Balaban J connectivity index is 2.47. The summed E-state index contributed by atoms with van der Waals surface area (Å²) in [4.78, 5) is 13.8. The zero-order valence-corrected chi connectivity index (χ0v) is 15.9. The van der Waals surface area contributed by atoms with E-state index in [1.807, 2.05) is 42.9 Å². The summed E-state index contributed by atoms with van der Waals surface area (Å²) < 4.78 is 6.74. The minimum absolute atomic E-state index is 0.0518. The lowest BCUT2D eigenvalue weighted by Crippen LogP contribution is -2.21. The highest BCUT2D eigenvalue weighted by molar-refractivity contribution is 8.00. The number of ether oxygens (including phenoxy) is 1. The topological polar surface area (TPSA) is 60.2 Å². The van der Waals surface area contributed by atoms with Gasteiger partial charge in [0.2, 0.25) is 0 Å². The van der Waals surface area contributed by atoms with Crippen molar-refractivity contribution >= 4 is 29.3 Å². The van der Waals surface area contributed by atoms with E-state index >= 15 is 0 Å². The number of hydrogen-bond donors (Lipinski definition) is 0. The molecule has 0 saturated carbocycles. The van der Waals surface area contributed by atoms with Gasteiger partial charge in [0.15, 0.2) is 11.0 Å². The molecule has 1 aromatic carbocycles. The molecule has 0 aliphatic rings. The van der Waals surface area contributed by atoms with Crippen LogP contribution in [0.1, 0.15) is 25.7 Å². The van der Waals surface area contributed by atoms with Crippen LogP contribution in [-0.4, -0.2) is 52.1 Å². The minimum atomic E-state index is -0.382. The molecule has 0 spiro atoms. The standard InChI is InChI=1S/C16H21ClN4O2S/c1-10(20(3)4)14-18-19-16(24-11(2)15(22)23-5)21(14)13-8-6-12(17)7-9-13/h6-11H,1-5H3/t10-,11-/m1/s1. The van der Waals surface area contributed by atoms with E-state index in [4.69, 9.17) is 16.3 Å². The largest absolute Gasteiger partial charge is 0.468 e. The van der Waals surface area contributed by atoms with Crippen molar-refractivity contribution in [3.63, 3.8) is 0 Å². The van der Waals surface area contributed by atoms with Gasteiger partial charge in [-0.1, -0.05) is 23.4 Å². The Hall–Kier alpha value is -1.57. The first kappa shape index (κ1) is 18.8. The first-order chi connectivity index (χ1) is 11.3. The molecule has 0 amide bonds. The molecule has 1 heterocycles. The number of aromatic nitrogens is 3. The maximum Gasteiger partial charge on any atom is 0.318 e. The first-order valence-electron chi connectivity index (χ1n) is 7.47. The van der Waals surface area contributed by atoms with Crippen LogP contribution in [0.25, 0.3) is 5.69 Å². The molecule has 0 bridgehead atoms. The highest BCUT2D eigenvalue weighted by atomic mass is 35.5. The van der Waals surface area contributed by atoms with Crippen molar-refractivity contribution in [3.8, 4) is 5.69 Å². The molecule has 0 fully saturated rings. The fourth-order valence-electron chi connectivity index (χ4n) is 2.06. The second-order valence-electron chi connectivity index (χ2n) is 5.58. The summed E-state index contributed by atoms with van der Waals surface area (Å²) >= 11 is 7.31. The van der Waals surface area contributed by atoms with Gasteiger partial charge in [-0.25, -0.2) is 0 Å². The molecule has 2 atom stereocenters. The fourth-order valence-corrected chi connectivity index (χ4v) is 3.09. The number of carbonyl (C=O) groups excluding carboxylic acids is 1. The van der Waals surface area contributed by atoms with Gasteiger partial charge in [-0.05, 0) is 52.2 Å². The SMILES string of the molecule is COC(=O)[C@@H](C)Sc1nnc([C@@H](C)N(C)C)n1-c1ccc(Cl)cc1. The molecule has 1 aromatic heterocycles. The van der Waals surface area contributed by atoms with E-state index in [-0.39, 0.29) is 17.3 Å². The van der Waals surface area contributed by atoms with Crippen molar-refractivity contribution < 1.29 is 9.53 Å². The molecule has 0 unspecified atom stereocenters. The molecule has 24 heavy (non-hydrogen) atoms. The van der Waals surface area contributed by atoms with Crippen molar-refractivity contribution in [1.82, 2.24) is 19.7 Å². The van der Waals surface area contributed by atoms with Crippen molar-refractivity contribution in [1.29, 1.82) is 0 Å². The molecule has 6 nitrogen and oxygen atoms in total. The van der Waals surface area contributed by atoms with Crippen LogP contribution in [0.5, 0.6) is 0 Å². The van der Waals surface area contributed by atoms with Gasteiger partial charge in [0.1, 0.15) is 5.25 Å². The quantitative estimate of drug-likeness (QED) is 0.576. The van der Waals surface area contributed by atoms with Crippen LogP contribution in [-0.2, 0) is 9.53 Å². The lowest BCUT2D eigenvalue weighted by atomic mass is 10.2. The predicted octanol–water partition coefficient (Wildman–Crippen LogP) is 3.20. The van der Waals surface area contributed by atoms with Gasteiger partial charge in [0.05, 0.1) is 13.2 Å². The molecular weight excluding hydrogens is 348 g/mol. The van der Waals surface area contributed by atoms with Gasteiger partial charge in [-0.15, -0.1) is 10.2 Å². The predicted molar refractivity (Wildman–Crippen MR) is 95.8 cm³/mol. The Bertz CT molecular complexity index is 703. The number of rotatable bonds is 6. The second-order valence-corrected chi connectivity index (χ2v) is 7.32. The lowest BCUT2D eigenvalue weighted by Gasteiger charge is -2.20. The molecule has 2 rings (SSSR count). The third-order valence-corrected chi connectivity index (χ3v) is 4.98. The van der Waals surface area contributed by atoms with Crippen LogP contribution in [0.15, 0.2) is 29.4 Å². The van der Waals surface area contributed by atoms with Crippen LogP contribution < -0.4 is 0 Å². The first-order valence-corrected chi connectivity index (χ1v) is 8.73. The van der Waals surface area contributed by atoms with E-state index in [1.165, 1.54) is 18.9 Å². The van der Waals surface area contributed by atoms with E-state index in [9.17, 15) is 4.79 Å². The molecule has 0 N–H and O–H groups in total. The lowest BCUT2D eigenvalue weighted by molar-refractivity contribution is -0.139. The molecule has 8 heteroatoms. The Labute approximate surface area is 151 Å². The normalized spacial score (nSPS) is 13.8. The van der Waals surface area contributed by atoms with Gasteiger partial charge < -0.3 is 4.74 Å². The number of methoxy groups -OCH3 is 1. The number of hydrogen-bond acceptors (Lipinski definition) is 6. The van der Waals surface area contributed by atoms with E-state index in [1.54, 1.807) is 6.92 Å². The fraction of sp³-hybridized carbons (Fsp3) is 0.438. The van der Waals surface area contributed by atoms with E-state index < -0.39 is 0 Å². The summed E-state index contributed by atoms with van der Waals surface area (Å²) in [6.45, 7) is 3.83. The molecule has 0 saturated heterocycles. The van der Waals surface area contributed by atoms with E-state index in [0.717, 1.165) is 11.5 Å². The van der Waals surface area contributed by atoms with E-state index in [2.05, 4.69) is 22.0 Å². The second kappa shape index (κ2) is 8.00. The molecule has 0 aliphatic heterocycles. The number of esters is 1. The smallest absolute Gasteiger partial charge is 0.318 e.